The summed E-state index contributed by atoms with van der Waals surface area (Å²) in [5.41, 5.74) is 1.19. The Kier molecular flexibility index (Phi) is 3.52. The van der Waals surface area contributed by atoms with E-state index in [2.05, 4.69) is 9.97 Å². The van der Waals surface area contributed by atoms with Gasteiger partial charge in [0.2, 0.25) is 5.91 Å². The Morgan fingerprint density at radius 2 is 1.92 bits per heavy atom. The van der Waals surface area contributed by atoms with E-state index < -0.39 is 11.7 Å². The van der Waals surface area contributed by atoms with Crippen molar-refractivity contribution in [2.45, 2.75) is 18.5 Å². The first-order chi connectivity index (χ1) is 11.9. The van der Waals surface area contributed by atoms with Gasteiger partial charge in [0.1, 0.15) is 5.82 Å². The highest BCUT2D eigenvalue weighted by atomic mass is 19.4. The second-order valence-electron chi connectivity index (χ2n) is 6.09. The molecule has 1 atom stereocenters. The molecule has 1 aromatic heterocycles. The van der Waals surface area contributed by atoms with Crippen molar-refractivity contribution < 1.29 is 18.0 Å². The molecule has 2 aromatic carbocycles. The first-order valence-electron chi connectivity index (χ1n) is 7.84. The molecule has 128 valence electrons. The highest BCUT2D eigenvalue weighted by Gasteiger charge is 2.35. The van der Waals surface area contributed by atoms with Crippen molar-refractivity contribution in [1.29, 1.82) is 0 Å². The van der Waals surface area contributed by atoms with Crippen molar-refractivity contribution in [3.63, 3.8) is 0 Å². The predicted octanol–water partition coefficient (Wildman–Crippen LogP) is 4.10. The summed E-state index contributed by atoms with van der Waals surface area (Å²) in [5, 5.41) is 0. The largest absolute Gasteiger partial charge is 0.416 e. The molecule has 0 aliphatic carbocycles. The molecule has 0 spiro atoms. The fraction of sp³-hybridized carbons (Fsp3) is 0.222. The number of fused-ring (bicyclic) bond motifs is 1. The fourth-order valence-electron chi connectivity index (χ4n) is 3.16. The number of para-hydroxylation sites is 2. The van der Waals surface area contributed by atoms with Crippen LogP contribution in [-0.2, 0) is 11.0 Å². The summed E-state index contributed by atoms with van der Waals surface area (Å²) in [6.07, 6.45) is -4.22. The fourth-order valence-corrected chi connectivity index (χ4v) is 3.16. The molecule has 0 saturated carbocycles. The molecule has 0 unspecified atom stereocenters. The Bertz CT molecular complexity index is 915. The van der Waals surface area contributed by atoms with Crippen molar-refractivity contribution in [2.24, 2.45) is 0 Å². The number of aromatic nitrogens is 2. The van der Waals surface area contributed by atoms with Crippen molar-refractivity contribution >= 4 is 22.6 Å². The number of benzene rings is 2. The second kappa shape index (κ2) is 5.61. The van der Waals surface area contributed by atoms with Crippen LogP contribution in [0, 0.1) is 0 Å². The molecular weight excluding hydrogens is 331 g/mol. The van der Waals surface area contributed by atoms with Crippen LogP contribution < -0.4 is 4.90 Å². The quantitative estimate of drug-likeness (QED) is 0.760. The molecule has 25 heavy (non-hydrogen) atoms. The van der Waals surface area contributed by atoms with E-state index in [0.29, 0.717) is 12.4 Å². The predicted molar refractivity (Wildman–Crippen MR) is 87.2 cm³/mol. The molecule has 3 aromatic rings. The topological polar surface area (TPSA) is 49.0 Å². The smallest absolute Gasteiger partial charge is 0.342 e. The number of alkyl halides is 3. The molecular formula is C18H14F3N3O. The van der Waals surface area contributed by atoms with E-state index in [9.17, 15) is 18.0 Å². The molecule has 1 amide bonds. The third kappa shape index (κ3) is 2.86. The van der Waals surface area contributed by atoms with Gasteiger partial charge >= 0.3 is 6.18 Å². The van der Waals surface area contributed by atoms with Gasteiger partial charge in [0.15, 0.2) is 0 Å². The maximum absolute atomic E-state index is 12.9. The number of rotatable bonds is 2. The number of anilines is 1. The first-order valence-corrected chi connectivity index (χ1v) is 7.84. The third-order valence-corrected chi connectivity index (χ3v) is 4.40. The first kappa shape index (κ1) is 15.7. The summed E-state index contributed by atoms with van der Waals surface area (Å²) in [7, 11) is 0. The lowest BCUT2D eigenvalue weighted by atomic mass is 10.1. The van der Waals surface area contributed by atoms with Gasteiger partial charge in [-0.3, -0.25) is 4.79 Å². The number of carbonyl (C=O) groups excluding carboxylic acids is 1. The molecule has 4 rings (SSSR count). The lowest BCUT2D eigenvalue weighted by molar-refractivity contribution is -0.137. The minimum absolute atomic E-state index is 0.172. The average Bonchev–Trinajstić information content (AvgIpc) is 3.17. The molecule has 0 bridgehead atoms. The van der Waals surface area contributed by atoms with Crippen molar-refractivity contribution in [2.75, 3.05) is 11.4 Å². The van der Waals surface area contributed by atoms with Gasteiger partial charge in [0.25, 0.3) is 0 Å². The number of amides is 1. The number of hydrogen-bond acceptors (Lipinski definition) is 2. The zero-order valence-corrected chi connectivity index (χ0v) is 13.0. The number of nitrogens with one attached hydrogen (secondary N) is 1. The van der Waals surface area contributed by atoms with Crippen molar-refractivity contribution in [3.05, 3.63) is 59.9 Å². The number of carbonyl (C=O) groups is 1. The Balaban J connectivity index is 1.62. The minimum atomic E-state index is -4.43. The Morgan fingerprint density at radius 1 is 1.12 bits per heavy atom. The van der Waals surface area contributed by atoms with E-state index in [1.165, 1.54) is 17.0 Å². The van der Waals surface area contributed by atoms with E-state index in [4.69, 9.17) is 0 Å². The standard InChI is InChI=1S/C18H14F3N3O/c19-18(20,21)12-4-3-5-13(9-12)24-10-11(8-16(24)25)17-22-14-6-1-2-7-15(14)23-17/h1-7,9,11H,8,10H2,(H,22,23)/t11-/m1/s1. The van der Waals surface area contributed by atoms with Gasteiger partial charge in [-0.2, -0.15) is 13.2 Å². The molecule has 1 saturated heterocycles. The molecule has 7 heteroatoms. The van der Waals surface area contributed by atoms with Gasteiger partial charge in [-0.1, -0.05) is 18.2 Å². The Morgan fingerprint density at radius 3 is 2.68 bits per heavy atom. The van der Waals surface area contributed by atoms with Gasteiger partial charge < -0.3 is 9.88 Å². The molecule has 4 nitrogen and oxygen atoms in total. The van der Waals surface area contributed by atoms with Crippen molar-refractivity contribution in [1.82, 2.24) is 9.97 Å². The zero-order valence-electron chi connectivity index (χ0n) is 13.0. The number of hydrogen-bond donors (Lipinski definition) is 1. The normalized spacial score (nSPS) is 18.3. The summed E-state index contributed by atoms with van der Waals surface area (Å²) in [4.78, 5) is 21.4. The van der Waals surface area contributed by atoms with Crippen LogP contribution >= 0.6 is 0 Å². The van der Waals surface area contributed by atoms with Crippen LogP contribution in [0.5, 0.6) is 0 Å². The van der Waals surface area contributed by atoms with E-state index >= 15 is 0 Å². The highest BCUT2D eigenvalue weighted by molar-refractivity contribution is 5.96. The average molecular weight is 345 g/mol. The SMILES string of the molecule is O=C1C[C@@H](c2nc3ccccc3[nH]2)CN1c1cccc(C(F)(F)F)c1. The molecule has 1 fully saturated rings. The van der Waals surface area contributed by atoms with Crippen LogP contribution in [-0.4, -0.2) is 22.4 Å². The van der Waals surface area contributed by atoms with Gasteiger partial charge in [-0.15, -0.1) is 0 Å². The maximum atomic E-state index is 12.9. The van der Waals surface area contributed by atoms with Gasteiger partial charge in [-0.05, 0) is 30.3 Å². The molecule has 1 N–H and O–H groups in total. The van der Waals surface area contributed by atoms with Crippen LogP contribution in [0.1, 0.15) is 23.7 Å². The number of imidazole rings is 1. The molecule has 2 heterocycles. The highest BCUT2D eigenvalue weighted by Crippen LogP contribution is 2.35. The van der Waals surface area contributed by atoms with Crippen LogP contribution in [0.3, 0.4) is 0 Å². The third-order valence-electron chi connectivity index (χ3n) is 4.40. The van der Waals surface area contributed by atoms with Gasteiger partial charge in [-0.25, -0.2) is 4.98 Å². The Labute approximate surface area is 141 Å². The number of aromatic amines is 1. The number of H-pyrrole nitrogens is 1. The van der Waals surface area contributed by atoms with Gasteiger partial charge in [0.05, 0.1) is 16.6 Å². The van der Waals surface area contributed by atoms with Crippen LogP contribution in [0.4, 0.5) is 18.9 Å². The van der Waals surface area contributed by atoms with Crippen molar-refractivity contribution in [3.8, 4) is 0 Å². The molecule has 0 radical (unpaired) electrons. The number of nitrogens with zero attached hydrogens (tertiary/aromatic N) is 2. The lowest BCUT2D eigenvalue weighted by Gasteiger charge is -2.18. The zero-order chi connectivity index (χ0) is 17.6. The summed E-state index contributed by atoms with van der Waals surface area (Å²) >= 11 is 0. The summed E-state index contributed by atoms with van der Waals surface area (Å²) < 4.78 is 38.7. The molecule has 1 aliphatic heterocycles. The van der Waals surface area contributed by atoms with Crippen LogP contribution in [0.2, 0.25) is 0 Å². The minimum Gasteiger partial charge on any atom is -0.342 e. The second-order valence-corrected chi connectivity index (χ2v) is 6.09. The summed E-state index contributed by atoms with van der Waals surface area (Å²) in [5.74, 6) is 0.309. The lowest BCUT2D eigenvalue weighted by Crippen LogP contribution is -2.24. The monoisotopic (exact) mass is 345 g/mol. The maximum Gasteiger partial charge on any atom is 0.416 e. The number of halogens is 3. The molecule has 1 aliphatic rings. The summed E-state index contributed by atoms with van der Waals surface area (Å²) in [6.45, 7) is 0.306. The van der Waals surface area contributed by atoms with E-state index in [1.807, 2.05) is 24.3 Å². The van der Waals surface area contributed by atoms with Gasteiger partial charge in [0, 0.05) is 24.6 Å². The Hall–Kier alpha value is -2.83. The van der Waals surface area contributed by atoms with E-state index in [0.717, 1.165) is 23.2 Å². The summed E-state index contributed by atoms with van der Waals surface area (Å²) in [6, 6.07) is 12.4. The van der Waals surface area contributed by atoms with Crippen LogP contribution in [0.25, 0.3) is 11.0 Å². The van der Waals surface area contributed by atoms with E-state index in [1.54, 1.807) is 0 Å². The van der Waals surface area contributed by atoms with E-state index in [-0.39, 0.29) is 23.9 Å². The van der Waals surface area contributed by atoms with Crippen LogP contribution in [0.15, 0.2) is 48.5 Å².